The van der Waals surface area contributed by atoms with E-state index >= 15 is 0 Å². The molecule has 2 amide bonds. The van der Waals surface area contributed by atoms with E-state index in [0.717, 1.165) is 28.9 Å². The molecule has 2 aliphatic rings. The van der Waals surface area contributed by atoms with Gasteiger partial charge in [0.05, 0.1) is 10.6 Å². The maximum atomic E-state index is 13.4. The first kappa shape index (κ1) is 18.8. The molecule has 0 fully saturated rings. The second kappa shape index (κ2) is 7.13. The summed E-state index contributed by atoms with van der Waals surface area (Å²) in [6, 6.07) is 12.5. The number of anilines is 2. The van der Waals surface area contributed by atoms with Gasteiger partial charge in [-0.15, -0.1) is 0 Å². The van der Waals surface area contributed by atoms with Crippen molar-refractivity contribution in [1.29, 1.82) is 0 Å². The summed E-state index contributed by atoms with van der Waals surface area (Å²) in [5, 5.41) is 2.88. The number of benzene rings is 2. The van der Waals surface area contributed by atoms with Gasteiger partial charge in [-0.1, -0.05) is 25.1 Å². The fourth-order valence-corrected chi connectivity index (χ4v) is 5.84. The van der Waals surface area contributed by atoms with Crippen molar-refractivity contribution in [2.24, 2.45) is 0 Å². The number of nitrogens with one attached hydrogen (secondary N) is 1. The molecule has 148 valence electrons. The lowest BCUT2D eigenvalue weighted by Gasteiger charge is -2.25. The van der Waals surface area contributed by atoms with Gasteiger partial charge in [-0.25, -0.2) is 13.2 Å². The Kier molecular flexibility index (Phi) is 4.79. The predicted molar refractivity (Wildman–Crippen MR) is 110 cm³/mol. The minimum atomic E-state index is -3.66. The van der Waals surface area contributed by atoms with Gasteiger partial charge in [0, 0.05) is 24.8 Å². The quantitative estimate of drug-likeness (QED) is 0.858. The number of carbonyl (C=O) groups is 1. The Balaban J connectivity index is 1.65. The molecule has 1 atom stereocenters. The summed E-state index contributed by atoms with van der Waals surface area (Å²) in [5.74, 6) is 0. The van der Waals surface area contributed by atoms with Gasteiger partial charge in [-0.3, -0.25) is 9.21 Å². The summed E-state index contributed by atoms with van der Waals surface area (Å²) in [6.07, 6.45) is 2.25. The molecular weight excluding hydrogens is 374 g/mol. The molecular formula is C21H25N3O3S. The number of carbonyl (C=O) groups excluding carboxylic acids is 1. The molecule has 2 aliphatic heterocycles. The van der Waals surface area contributed by atoms with Crippen LogP contribution < -0.4 is 14.5 Å². The Morgan fingerprint density at radius 1 is 1.14 bits per heavy atom. The van der Waals surface area contributed by atoms with Crippen LogP contribution in [0, 0.1) is 0 Å². The van der Waals surface area contributed by atoms with E-state index in [1.807, 2.05) is 38.1 Å². The summed E-state index contributed by atoms with van der Waals surface area (Å²) in [6.45, 7) is 5.14. The van der Waals surface area contributed by atoms with Crippen molar-refractivity contribution in [3.8, 4) is 0 Å². The SMILES string of the molecule is CCCNC(=O)N1CCc2cc(S(=O)(=O)N3c4ccccc4C[C@@H]3C)ccc21. The van der Waals surface area contributed by atoms with Gasteiger partial charge in [0.15, 0.2) is 0 Å². The zero-order valence-electron chi connectivity index (χ0n) is 16.2. The Bertz CT molecular complexity index is 1020. The number of fused-ring (bicyclic) bond motifs is 2. The molecule has 0 aliphatic carbocycles. The first-order valence-corrected chi connectivity index (χ1v) is 11.2. The average molecular weight is 400 g/mol. The highest BCUT2D eigenvalue weighted by Crippen LogP contribution is 2.38. The van der Waals surface area contributed by atoms with Crippen LogP contribution in [-0.4, -0.2) is 33.6 Å². The van der Waals surface area contributed by atoms with Crippen molar-refractivity contribution in [1.82, 2.24) is 5.32 Å². The van der Waals surface area contributed by atoms with Gasteiger partial charge in [-0.05, 0) is 61.6 Å². The Morgan fingerprint density at radius 3 is 2.71 bits per heavy atom. The summed E-state index contributed by atoms with van der Waals surface area (Å²) in [4.78, 5) is 14.3. The molecule has 0 radical (unpaired) electrons. The minimum Gasteiger partial charge on any atom is -0.338 e. The van der Waals surface area contributed by atoms with Crippen molar-refractivity contribution in [2.75, 3.05) is 22.3 Å². The van der Waals surface area contributed by atoms with Crippen LogP contribution >= 0.6 is 0 Å². The Labute approximate surface area is 166 Å². The number of urea groups is 1. The van der Waals surface area contributed by atoms with E-state index < -0.39 is 10.0 Å². The van der Waals surface area contributed by atoms with E-state index in [1.165, 1.54) is 4.31 Å². The van der Waals surface area contributed by atoms with Crippen LogP contribution in [0.25, 0.3) is 0 Å². The van der Waals surface area contributed by atoms with Crippen LogP contribution in [0.1, 0.15) is 31.4 Å². The van der Waals surface area contributed by atoms with Gasteiger partial charge in [0.25, 0.3) is 10.0 Å². The molecule has 2 aromatic rings. The molecule has 4 rings (SSSR count). The van der Waals surface area contributed by atoms with E-state index in [-0.39, 0.29) is 17.0 Å². The highest BCUT2D eigenvalue weighted by atomic mass is 32.2. The molecule has 0 unspecified atom stereocenters. The van der Waals surface area contributed by atoms with Gasteiger partial charge in [0.2, 0.25) is 0 Å². The smallest absolute Gasteiger partial charge is 0.321 e. The number of hydrogen-bond donors (Lipinski definition) is 1. The number of amides is 2. The number of para-hydroxylation sites is 1. The molecule has 0 aromatic heterocycles. The van der Waals surface area contributed by atoms with Gasteiger partial charge in [-0.2, -0.15) is 0 Å². The van der Waals surface area contributed by atoms with Crippen LogP contribution in [0.4, 0.5) is 16.2 Å². The highest BCUT2D eigenvalue weighted by Gasteiger charge is 2.36. The summed E-state index contributed by atoms with van der Waals surface area (Å²) in [7, 11) is -3.66. The average Bonchev–Trinajstić information content (AvgIpc) is 3.25. The van der Waals surface area contributed by atoms with Crippen LogP contribution in [0.2, 0.25) is 0 Å². The molecule has 7 heteroatoms. The van der Waals surface area contributed by atoms with Gasteiger partial charge >= 0.3 is 6.03 Å². The van der Waals surface area contributed by atoms with E-state index in [4.69, 9.17) is 0 Å². The third-order valence-electron chi connectivity index (χ3n) is 5.42. The second-order valence-corrected chi connectivity index (χ2v) is 9.22. The molecule has 1 N–H and O–H groups in total. The van der Waals surface area contributed by atoms with Crippen LogP contribution in [0.3, 0.4) is 0 Å². The van der Waals surface area contributed by atoms with Crippen LogP contribution in [-0.2, 0) is 22.9 Å². The van der Waals surface area contributed by atoms with Crippen LogP contribution in [0.5, 0.6) is 0 Å². The summed E-state index contributed by atoms with van der Waals surface area (Å²) >= 11 is 0. The molecule has 0 saturated heterocycles. The van der Waals surface area contributed by atoms with Crippen LogP contribution in [0.15, 0.2) is 47.4 Å². The number of nitrogens with zero attached hydrogens (tertiary/aromatic N) is 2. The predicted octanol–water partition coefficient (Wildman–Crippen LogP) is 3.31. The molecule has 6 nitrogen and oxygen atoms in total. The second-order valence-electron chi connectivity index (χ2n) is 7.41. The third-order valence-corrected chi connectivity index (χ3v) is 7.34. The molecule has 28 heavy (non-hydrogen) atoms. The molecule has 0 saturated carbocycles. The van der Waals surface area contributed by atoms with Crippen molar-refractivity contribution in [3.05, 3.63) is 53.6 Å². The van der Waals surface area contributed by atoms with Crippen molar-refractivity contribution in [3.63, 3.8) is 0 Å². The lowest BCUT2D eigenvalue weighted by atomic mass is 10.1. The number of rotatable bonds is 4. The third kappa shape index (κ3) is 3.03. The fraction of sp³-hybridized carbons (Fsp3) is 0.381. The lowest BCUT2D eigenvalue weighted by molar-refractivity contribution is 0.247. The zero-order valence-corrected chi connectivity index (χ0v) is 17.0. The molecule has 0 bridgehead atoms. The normalized spacial score (nSPS) is 18.1. The topological polar surface area (TPSA) is 69.7 Å². The Morgan fingerprint density at radius 2 is 1.93 bits per heavy atom. The minimum absolute atomic E-state index is 0.119. The van der Waals surface area contributed by atoms with E-state index in [1.54, 1.807) is 23.1 Å². The van der Waals surface area contributed by atoms with Gasteiger partial charge in [0.1, 0.15) is 0 Å². The van der Waals surface area contributed by atoms with E-state index in [0.29, 0.717) is 25.9 Å². The standard InChI is InChI=1S/C21H25N3O3S/c1-3-11-22-21(25)23-12-10-17-14-18(8-9-19(17)23)28(26,27)24-15(2)13-16-6-4-5-7-20(16)24/h4-9,14-15H,3,10-13H2,1-2H3,(H,22,25)/t15-/m0/s1. The highest BCUT2D eigenvalue weighted by molar-refractivity contribution is 7.92. The number of sulfonamides is 1. The molecule has 2 aromatic carbocycles. The largest absolute Gasteiger partial charge is 0.338 e. The lowest BCUT2D eigenvalue weighted by Crippen LogP contribution is -2.39. The van der Waals surface area contributed by atoms with Crippen molar-refractivity contribution < 1.29 is 13.2 Å². The first-order valence-electron chi connectivity index (χ1n) is 9.74. The Hall–Kier alpha value is -2.54. The van der Waals surface area contributed by atoms with Crippen molar-refractivity contribution >= 4 is 27.4 Å². The molecule has 2 heterocycles. The maximum absolute atomic E-state index is 13.4. The monoisotopic (exact) mass is 399 g/mol. The molecule has 0 spiro atoms. The fourth-order valence-electron chi connectivity index (χ4n) is 4.09. The summed E-state index contributed by atoms with van der Waals surface area (Å²) in [5.41, 5.74) is 3.50. The van der Waals surface area contributed by atoms with E-state index in [9.17, 15) is 13.2 Å². The zero-order chi connectivity index (χ0) is 19.9. The first-order chi connectivity index (χ1) is 13.4. The number of hydrogen-bond acceptors (Lipinski definition) is 3. The van der Waals surface area contributed by atoms with Crippen molar-refractivity contribution in [2.45, 2.75) is 44.0 Å². The maximum Gasteiger partial charge on any atom is 0.321 e. The van der Waals surface area contributed by atoms with E-state index in [2.05, 4.69) is 5.32 Å². The summed E-state index contributed by atoms with van der Waals surface area (Å²) < 4.78 is 28.3. The van der Waals surface area contributed by atoms with Gasteiger partial charge < -0.3 is 5.32 Å².